The van der Waals surface area contributed by atoms with Crippen molar-refractivity contribution in [2.75, 3.05) is 50.6 Å². The van der Waals surface area contributed by atoms with Crippen LogP contribution >= 0.6 is 0 Å². The van der Waals surface area contributed by atoms with Crippen LogP contribution in [0.1, 0.15) is 16.8 Å². The number of amides is 1. The van der Waals surface area contributed by atoms with E-state index in [1.165, 1.54) is 4.80 Å². The number of piperidine rings is 1. The molecule has 0 radical (unpaired) electrons. The molecule has 3 aromatic rings. The Labute approximate surface area is 186 Å². The van der Waals surface area contributed by atoms with Crippen molar-refractivity contribution in [1.29, 1.82) is 0 Å². The van der Waals surface area contributed by atoms with E-state index in [2.05, 4.69) is 25.1 Å². The lowest BCUT2D eigenvalue weighted by molar-refractivity contribution is 0.00775. The normalized spacial score (nSPS) is 19.8. The maximum Gasteiger partial charge on any atom is 0.256 e. The highest BCUT2D eigenvalue weighted by atomic mass is 16.5. The summed E-state index contributed by atoms with van der Waals surface area (Å²) in [6, 6.07) is 7.53. The van der Waals surface area contributed by atoms with Crippen LogP contribution in [0.15, 0.2) is 43.0 Å². The second-order valence-electron chi connectivity index (χ2n) is 8.35. The van der Waals surface area contributed by atoms with E-state index in [0.29, 0.717) is 22.9 Å². The summed E-state index contributed by atoms with van der Waals surface area (Å²) in [7, 11) is 5.52. The third-order valence-corrected chi connectivity index (χ3v) is 6.30. The zero-order chi connectivity index (χ0) is 22.2. The van der Waals surface area contributed by atoms with E-state index in [1.54, 1.807) is 31.9 Å². The van der Waals surface area contributed by atoms with Crippen molar-refractivity contribution in [2.24, 2.45) is 5.92 Å². The number of carbonyl (C=O) groups is 1. The molecule has 2 atom stereocenters. The number of ether oxygens (including phenoxy) is 1. The highest BCUT2D eigenvalue weighted by Gasteiger charge is 2.46. The van der Waals surface area contributed by atoms with Gasteiger partial charge in [0.25, 0.3) is 5.91 Å². The van der Waals surface area contributed by atoms with Gasteiger partial charge < -0.3 is 19.4 Å². The molecule has 1 aromatic carbocycles. The number of rotatable bonds is 5. The van der Waals surface area contributed by atoms with E-state index < -0.39 is 0 Å². The van der Waals surface area contributed by atoms with Crippen LogP contribution in [0, 0.1) is 5.92 Å². The van der Waals surface area contributed by atoms with Crippen molar-refractivity contribution in [1.82, 2.24) is 29.9 Å². The number of benzene rings is 1. The van der Waals surface area contributed by atoms with E-state index in [0.717, 1.165) is 37.7 Å². The number of anilines is 2. The molecule has 166 valence electrons. The van der Waals surface area contributed by atoms with Gasteiger partial charge in [-0.1, -0.05) is 0 Å². The quantitative estimate of drug-likeness (QED) is 0.596. The molecular formula is C22H26N8O2. The number of likely N-dealkylation sites (tertiary alicyclic amines) is 1. The van der Waals surface area contributed by atoms with Gasteiger partial charge in [-0.05, 0) is 24.6 Å². The van der Waals surface area contributed by atoms with E-state index in [4.69, 9.17) is 4.74 Å². The first-order valence-electron chi connectivity index (χ1n) is 10.6. The average molecular weight is 435 g/mol. The van der Waals surface area contributed by atoms with E-state index in [1.807, 2.05) is 42.1 Å². The molecule has 2 aliphatic heterocycles. The van der Waals surface area contributed by atoms with Gasteiger partial charge in [0.15, 0.2) is 0 Å². The number of hydrogen-bond donors (Lipinski definition) is 0. The fourth-order valence-electron chi connectivity index (χ4n) is 4.48. The number of carbonyl (C=O) groups excluding carboxylic acids is 1. The molecule has 0 N–H and O–H groups in total. The lowest BCUT2D eigenvalue weighted by Gasteiger charge is -2.53. The number of hydrogen-bond acceptors (Lipinski definition) is 8. The molecule has 2 fully saturated rings. The van der Waals surface area contributed by atoms with E-state index >= 15 is 0 Å². The van der Waals surface area contributed by atoms with Crippen LogP contribution < -0.4 is 14.5 Å². The van der Waals surface area contributed by atoms with Crippen LogP contribution in [-0.4, -0.2) is 82.7 Å². The Kier molecular flexibility index (Phi) is 5.12. The first-order valence-corrected chi connectivity index (χ1v) is 10.6. The summed E-state index contributed by atoms with van der Waals surface area (Å²) >= 11 is 0. The molecule has 2 aromatic heterocycles. The Hall–Kier alpha value is -3.69. The topological polar surface area (TPSA) is 92.5 Å². The summed E-state index contributed by atoms with van der Waals surface area (Å²) < 4.78 is 5.37. The molecule has 4 heterocycles. The maximum atomic E-state index is 13.6. The van der Waals surface area contributed by atoms with E-state index in [9.17, 15) is 4.79 Å². The average Bonchev–Trinajstić information content (AvgIpc) is 3.34. The van der Waals surface area contributed by atoms with Crippen LogP contribution in [-0.2, 0) is 0 Å². The predicted molar refractivity (Wildman–Crippen MR) is 119 cm³/mol. The van der Waals surface area contributed by atoms with Gasteiger partial charge in [0.2, 0.25) is 0 Å². The minimum absolute atomic E-state index is 0.0315. The molecule has 0 unspecified atom stereocenters. The van der Waals surface area contributed by atoms with Crippen molar-refractivity contribution < 1.29 is 9.53 Å². The Bertz CT molecular complexity index is 1120. The van der Waals surface area contributed by atoms with Gasteiger partial charge in [0.1, 0.15) is 23.7 Å². The van der Waals surface area contributed by atoms with Crippen molar-refractivity contribution >= 4 is 17.5 Å². The highest BCUT2D eigenvalue weighted by molar-refractivity contribution is 5.99. The fraction of sp³-hybridized carbons (Fsp3) is 0.409. The summed E-state index contributed by atoms with van der Waals surface area (Å²) in [4.78, 5) is 30.0. The van der Waals surface area contributed by atoms with Crippen LogP contribution in [0.2, 0.25) is 0 Å². The Morgan fingerprint density at radius 1 is 1.12 bits per heavy atom. The van der Waals surface area contributed by atoms with Gasteiger partial charge in [-0.25, -0.2) is 9.97 Å². The lowest BCUT2D eigenvalue weighted by atomic mass is 9.81. The zero-order valence-corrected chi connectivity index (χ0v) is 18.4. The summed E-state index contributed by atoms with van der Waals surface area (Å²) in [5, 5.41) is 8.42. The molecule has 32 heavy (non-hydrogen) atoms. The third kappa shape index (κ3) is 3.51. The minimum Gasteiger partial charge on any atom is -0.497 e. The number of nitrogens with zero attached hydrogens (tertiary/aromatic N) is 8. The molecule has 5 rings (SSSR count). The minimum atomic E-state index is -0.0315. The summed E-state index contributed by atoms with van der Waals surface area (Å²) in [5.74, 6) is 2.86. The predicted octanol–water partition coefficient (Wildman–Crippen LogP) is 1.48. The molecule has 10 heteroatoms. The second-order valence-corrected chi connectivity index (χ2v) is 8.35. The molecule has 2 aliphatic rings. The Morgan fingerprint density at radius 3 is 2.69 bits per heavy atom. The third-order valence-electron chi connectivity index (χ3n) is 6.30. The van der Waals surface area contributed by atoms with Crippen LogP contribution in [0.3, 0.4) is 0 Å². The van der Waals surface area contributed by atoms with Gasteiger partial charge in [0, 0.05) is 45.7 Å². The van der Waals surface area contributed by atoms with Crippen molar-refractivity contribution in [3.63, 3.8) is 0 Å². The van der Waals surface area contributed by atoms with Crippen LogP contribution in [0.4, 0.5) is 11.6 Å². The second kappa shape index (κ2) is 8.10. The standard InChI is InChI=1S/C22H26N8O2/c1-27(2)20-11-21(24-14-23-20)28-9-6-15-12-29(19(15)13-28)22(31)17-10-16(32-3)4-5-18(17)30-25-7-8-26-30/h4-5,7-8,10-11,14-15,19H,6,9,12-13H2,1-3H3/t15-,19-/m1/s1. The maximum absolute atomic E-state index is 13.6. The summed E-state index contributed by atoms with van der Waals surface area (Å²) in [6.45, 7) is 2.43. The van der Waals surface area contributed by atoms with Gasteiger partial charge in [-0.3, -0.25) is 4.79 Å². The molecular weight excluding hydrogens is 408 g/mol. The SMILES string of the molecule is COc1ccc(-n2nccn2)c(C(=O)N2C[C@H]3CCN(c4cc(N(C)C)ncn4)C[C@H]32)c1. The number of aromatic nitrogens is 5. The first kappa shape index (κ1) is 20.2. The molecule has 0 bridgehead atoms. The van der Waals surface area contributed by atoms with E-state index in [-0.39, 0.29) is 11.9 Å². The fourth-order valence-corrected chi connectivity index (χ4v) is 4.48. The van der Waals surface area contributed by atoms with Gasteiger partial charge >= 0.3 is 0 Å². The number of fused-ring (bicyclic) bond motifs is 1. The molecule has 0 spiro atoms. The lowest BCUT2D eigenvalue weighted by Crippen LogP contribution is -2.66. The van der Waals surface area contributed by atoms with Crippen LogP contribution in [0.25, 0.3) is 5.69 Å². The van der Waals surface area contributed by atoms with Gasteiger partial charge in [-0.15, -0.1) is 0 Å². The summed E-state index contributed by atoms with van der Waals surface area (Å²) in [5.41, 5.74) is 1.18. The summed E-state index contributed by atoms with van der Waals surface area (Å²) in [6.07, 6.45) is 5.82. The Morgan fingerprint density at radius 2 is 1.94 bits per heavy atom. The number of methoxy groups -OCH3 is 1. The molecule has 1 amide bonds. The molecule has 0 aliphatic carbocycles. The smallest absolute Gasteiger partial charge is 0.256 e. The zero-order valence-electron chi connectivity index (χ0n) is 18.4. The molecule has 10 nitrogen and oxygen atoms in total. The van der Waals surface area contributed by atoms with Gasteiger partial charge in [-0.2, -0.15) is 15.0 Å². The van der Waals surface area contributed by atoms with Crippen molar-refractivity contribution in [3.8, 4) is 11.4 Å². The first-order chi connectivity index (χ1) is 15.5. The molecule has 2 saturated heterocycles. The highest BCUT2D eigenvalue weighted by Crippen LogP contribution is 2.36. The van der Waals surface area contributed by atoms with Crippen molar-refractivity contribution in [3.05, 3.63) is 48.5 Å². The monoisotopic (exact) mass is 434 g/mol. The Balaban J connectivity index is 1.39. The van der Waals surface area contributed by atoms with Gasteiger partial charge in [0.05, 0.1) is 36.8 Å². The van der Waals surface area contributed by atoms with Crippen molar-refractivity contribution in [2.45, 2.75) is 12.5 Å². The largest absolute Gasteiger partial charge is 0.497 e. The van der Waals surface area contributed by atoms with Crippen LogP contribution in [0.5, 0.6) is 5.75 Å². The molecule has 0 saturated carbocycles.